The molecule has 16 heavy (non-hydrogen) atoms. The number of hydrogen-bond acceptors (Lipinski definition) is 2. The second-order valence-electron chi connectivity index (χ2n) is 4.50. The molecule has 0 aromatic heterocycles. The summed E-state index contributed by atoms with van der Waals surface area (Å²) in [6, 6.07) is 5.42. The van der Waals surface area contributed by atoms with E-state index in [2.05, 4.69) is 0 Å². The Morgan fingerprint density at radius 1 is 1.44 bits per heavy atom. The van der Waals surface area contributed by atoms with Crippen molar-refractivity contribution in [2.75, 3.05) is 6.61 Å². The number of hydrogen-bond donors (Lipinski definition) is 1. The maximum Gasteiger partial charge on any atom is 0.121 e. The Morgan fingerprint density at radius 3 is 2.75 bits per heavy atom. The lowest BCUT2D eigenvalue weighted by atomic mass is 9.86. The van der Waals surface area contributed by atoms with Crippen molar-refractivity contribution in [1.82, 2.24) is 0 Å². The fourth-order valence-corrected chi connectivity index (χ4v) is 2.02. The first-order valence-corrected chi connectivity index (χ1v) is 6.14. The molecule has 0 heterocycles. The average Bonchev–Trinajstić information content (AvgIpc) is 2.14. The van der Waals surface area contributed by atoms with Crippen LogP contribution in [-0.4, -0.2) is 11.7 Å². The molecule has 0 saturated heterocycles. The van der Waals surface area contributed by atoms with Crippen LogP contribution >= 0.6 is 11.6 Å². The Labute approximate surface area is 101 Å². The third-order valence-electron chi connectivity index (χ3n) is 3.09. The number of benzene rings is 1. The van der Waals surface area contributed by atoms with Crippen LogP contribution in [0.2, 0.25) is 5.02 Å². The summed E-state index contributed by atoms with van der Waals surface area (Å²) in [7, 11) is 0. The van der Waals surface area contributed by atoms with Crippen LogP contribution in [0.25, 0.3) is 0 Å². The van der Waals surface area contributed by atoms with Crippen LogP contribution in [0.1, 0.15) is 37.9 Å². The fourth-order valence-electron chi connectivity index (χ4n) is 1.78. The van der Waals surface area contributed by atoms with E-state index in [9.17, 15) is 5.11 Å². The van der Waals surface area contributed by atoms with Gasteiger partial charge in [-0.15, -0.1) is 0 Å². The summed E-state index contributed by atoms with van der Waals surface area (Å²) in [5.41, 5.74) is 0.802. The van der Waals surface area contributed by atoms with Crippen LogP contribution in [0.4, 0.5) is 0 Å². The van der Waals surface area contributed by atoms with Gasteiger partial charge in [-0.3, -0.25) is 0 Å². The smallest absolute Gasteiger partial charge is 0.121 e. The summed E-state index contributed by atoms with van der Waals surface area (Å²) in [4.78, 5) is 0. The number of rotatable bonds is 4. The first-order chi connectivity index (χ1) is 7.65. The second-order valence-corrected chi connectivity index (χ2v) is 4.94. The monoisotopic (exact) mass is 240 g/mol. The lowest BCUT2D eigenvalue weighted by Gasteiger charge is -2.25. The maximum atomic E-state index is 9.49. The molecule has 1 fully saturated rings. The highest BCUT2D eigenvalue weighted by Crippen LogP contribution is 2.29. The number of halogens is 1. The van der Waals surface area contributed by atoms with Crippen molar-refractivity contribution in [3.05, 3.63) is 28.8 Å². The zero-order chi connectivity index (χ0) is 11.5. The van der Waals surface area contributed by atoms with E-state index in [0.29, 0.717) is 10.9 Å². The number of ether oxygens (including phenoxy) is 1. The van der Waals surface area contributed by atoms with E-state index in [4.69, 9.17) is 16.3 Å². The Bertz CT molecular complexity index is 359. The lowest BCUT2D eigenvalue weighted by Crippen LogP contribution is -2.19. The van der Waals surface area contributed by atoms with Gasteiger partial charge < -0.3 is 9.84 Å². The van der Waals surface area contributed by atoms with Gasteiger partial charge in [0.2, 0.25) is 0 Å². The Morgan fingerprint density at radius 2 is 2.19 bits per heavy atom. The van der Waals surface area contributed by atoms with Crippen molar-refractivity contribution in [1.29, 1.82) is 0 Å². The molecule has 1 N–H and O–H groups in total. The van der Waals surface area contributed by atoms with Gasteiger partial charge in [-0.1, -0.05) is 18.0 Å². The summed E-state index contributed by atoms with van der Waals surface area (Å²) >= 11 is 5.97. The van der Waals surface area contributed by atoms with E-state index >= 15 is 0 Å². The molecule has 0 spiro atoms. The molecule has 1 aliphatic carbocycles. The van der Waals surface area contributed by atoms with Crippen molar-refractivity contribution in [2.45, 2.75) is 32.3 Å². The van der Waals surface area contributed by atoms with Gasteiger partial charge in [-0.25, -0.2) is 0 Å². The topological polar surface area (TPSA) is 29.5 Å². The van der Waals surface area contributed by atoms with Gasteiger partial charge in [0.05, 0.1) is 12.7 Å². The molecule has 1 saturated carbocycles. The molecule has 1 aromatic carbocycles. The van der Waals surface area contributed by atoms with Gasteiger partial charge in [0.15, 0.2) is 0 Å². The standard InChI is InChI=1S/C13H17ClO2/c1-9(15)11-5-12(14)7-13(6-11)16-8-10-3-2-4-10/h5-7,9-10,15H,2-4,8H2,1H3. The van der Waals surface area contributed by atoms with Gasteiger partial charge in [-0.2, -0.15) is 0 Å². The van der Waals surface area contributed by atoms with Crippen LogP contribution in [0.3, 0.4) is 0 Å². The van der Waals surface area contributed by atoms with Gasteiger partial charge in [0.1, 0.15) is 5.75 Å². The average molecular weight is 241 g/mol. The molecule has 0 aliphatic heterocycles. The molecule has 0 bridgehead atoms. The summed E-state index contributed by atoms with van der Waals surface area (Å²) < 4.78 is 5.69. The minimum atomic E-state index is -0.509. The van der Waals surface area contributed by atoms with Crippen molar-refractivity contribution in [3.63, 3.8) is 0 Å². The van der Waals surface area contributed by atoms with Crippen LogP contribution < -0.4 is 4.74 Å². The normalized spacial score (nSPS) is 17.9. The van der Waals surface area contributed by atoms with Crippen LogP contribution in [0.15, 0.2) is 18.2 Å². The van der Waals surface area contributed by atoms with Crippen LogP contribution in [0.5, 0.6) is 5.75 Å². The van der Waals surface area contributed by atoms with Crippen LogP contribution in [0, 0.1) is 5.92 Å². The Hall–Kier alpha value is -0.730. The zero-order valence-electron chi connectivity index (χ0n) is 9.45. The van der Waals surface area contributed by atoms with E-state index in [1.165, 1.54) is 19.3 Å². The SMILES string of the molecule is CC(O)c1cc(Cl)cc(OCC2CCC2)c1. The van der Waals surface area contributed by atoms with E-state index in [1.807, 2.05) is 6.07 Å². The molecule has 1 atom stereocenters. The number of aliphatic hydroxyl groups excluding tert-OH is 1. The van der Waals surface area contributed by atoms with E-state index in [0.717, 1.165) is 17.9 Å². The van der Waals surface area contributed by atoms with Gasteiger partial charge in [-0.05, 0) is 49.4 Å². The largest absolute Gasteiger partial charge is 0.493 e. The molecule has 2 nitrogen and oxygen atoms in total. The third-order valence-corrected chi connectivity index (χ3v) is 3.30. The molecule has 2 rings (SSSR count). The summed E-state index contributed by atoms with van der Waals surface area (Å²) in [6.45, 7) is 2.49. The van der Waals surface area contributed by atoms with E-state index < -0.39 is 6.10 Å². The van der Waals surface area contributed by atoms with Gasteiger partial charge in [0.25, 0.3) is 0 Å². The van der Waals surface area contributed by atoms with Crippen molar-refractivity contribution < 1.29 is 9.84 Å². The predicted octanol–water partition coefficient (Wildman–Crippen LogP) is 3.57. The maximum absolute atomic E-state index is 9.49. The third kappa shape index (κ3) is 2.89. The highest BCUT2D eigenvalue weighted by Gasteiger charge is 2.18. The second kappa shape index (κ2) is 5.07. The molecule has 88 valence electrons. The van der Waals surface area contributed by atoms with E-state index in [1.54, 1.807) is 19.1 Å². The summed E-state index contributed by atoms with van der Waals surface area (Å²) in [5, 5.41) is 10.1. The summed E-state index contributed by atoms with van der Waals surface area (Å²) in [6.07, 6.45) is 3.35. The summed E-state index contributed by atoms with van der Waals surface area (Å²) in [5.74, 6) is 1.46. The van der Waals surface area contributed by atoms with Gasteiger partial charge >= 0.3 is 0 Å². The zero-order valence-corrected chi connectivity index (χ0v) is 10.2. The Balaban J connectivity index is 2.01. The molecular formula is C13H17ClO2. The van der Waals surface area contributed by atoms with E-state index in [-0.39, 0.29) is 0 Å². The molecular weight excluding hydrogens is 224 g/mol. The highest BCUT2D eigenvalue weighted by molar-refractivity contribution is 6.30. The number of aliphatic hydroxyl groups is 1. The molecule has 0 radical (unpaired) electrons. The minimum Gasteiger partial charge on any atom is -0.493 e. The quantitative estimate of drug-likeness (QED) is 0.872. The molecule has 1 aromatic rings. The highest BCUT2D eigenvalue weighted by atomic mass is 35.5. The van der Waals surface area contributed by atoms with Gasteiger partial charge in [0, 0.05) is 5.02 Å². The fraction of sp³-hybridized carbons (Fsp3) is 0.538. The predicted molar refractivity (Wildman–Crippen MR) is 64.9 cm³/mol. The first-order valence-electron chi connectivity index (χ1n) is 5.76. The van der Waals surface area contributed by atoms with Crippen molar-refractivity contribution in [3.8, 4) is 5.75 Å². The molecule has 1 aliphatic rings. The van der Waals surface area contributed by atoms with Crippen molar-refractivity contribution >= 4 is 11.6 Å². The minimum absolute atomic E-state index is 0.509. The molecule has 1 unspecified atom stereocenters. The molecule has 0 amide bonds. The lowest BCUT2D eigenvalue weighted by molar-refractivity contribution is 0.178. The first kappa shape index (κ1) is 11.7. The van der Waals surface area contributed by atoms with Crippen molar-refractivity contribution in [2.24, 2.45) is 5.92 Å². The Kier molecular flexibility index (Phi) is 3.72. The van der Waals surface area contributed by atoms with Crippen LogP contribution in [-0.2, 0) is 0 Å². The molecule has 3 heteroatoms.